The molecule has 1 aromatic carbocycles. The van der Waals surface area contributed by atoms with Crippen LogP contribution in [0.2, 0.25) is 0 Å². The Hall–Kier alpha value is -1.13. The molecule has 1 unspecified atom stereocenters. The van der Waals surface area contributed by atoms with Gasteiger partial charge in [-0.15, -0.1) is 0 Å². The highest BCUT2D eigenvalue weighted by atomic mass is 79.9. The lowest BCUT2D eigenvalue weighted by Crippen LogP contribution is -2.22. The van der Waals surface area contributed by atoms with E-state index >= 15 is 0 Å². The van der Waals surface area contributed by atoms with Gasteiger partial charge in [-0.3, -0.25) is 4.68 Å². The summed E-state index contributed by atoms with van der Waals surface area (Å²) in [4.78, 5) is 0. The van der Waals surface area contributed by atoms with Gasteiger partial charge in [-0.05, 0) is 43.1 Å². The zero-order chi connectivity index (χ0) is 14.5. The van der Waals surface area contributed by atoms with Crippen LogP contribution in [0.15, 0.2) is 35.1 Å². The number of benzene rings is 1. The SMILES string of the molecule is CCCn1cc(C(NCC)c2cc(Br)ccc2C)cn1. The third kappa shape index (κ3) is 3.49. The fourth-order valence-corrected chi connectivity index (χ4v) is 2.79. The molecule has 0 fully saturated rings. The van der Waals surface area contributed by atoms with Gasteiger partial charge in [-0.2, -0.15) is 5.10 Å². The van der Waals surface area contributed by atoms with Gasteiger partial charge in [0.05, 0.1) is 12.2 Å². The number of nitrogens with zero attached hydrogens (tertiary/aromatic N) is 2. The smallest absolute Gasteiger partial charge is 0.0610 e. The summed E-state index contributed by atoms with van der Waals surface area (Å²) in [5.41, 5.74) is 3.82. The van der Waals surface area contributed by atoms with Crippen LogP contribution in [0.25, 0.3) is 0 Å². The van der Waals surface area contributed by atoms with E-state index in [0.717, 1.165) is 24.0 Å². The first-order valence-electron chi connectivity index (χ1n) is 7.17. The Kier molecular flexibility index (Phi) is 5.38. The molecule has 108 valence electrons. The summed E-state index contributed by atoms with van der Waals surface area (Å²) in [5, 5.41) is 8.02. The molecule has 0 aliphatic heterocycles. The van der Waals surface area contributed by atoms with E-state index in [-0.39, 0.29) is 6.04 Å². The summed E-state index contributed by atoms with van der Waals surface area (Å²) >= 11 is 3.57. The summed E-state index contributed by atoms with van der Waals surface area (Å²) in [5.74, 6) is 0. The molecule has 1 N–H and O–H groups in total. The van der Waals surface area contributed by atoms with Gasteiger partial charge in [-0.1, -0.05) is 35.8 Å². The molecule has 0 saturated heterocycles. The maximum Gasteiger partial charge on any atom is 0.0610 e. The van der Waals surface area contributed by atoms with Crippen molar-refractivity contribution in [3.8, 4) is 0 Å². The van der Waals surface area contributed by atoms with Crippen molar-refractivity contribution in [2.45, 2.75) is 39.8 Å². The molecule has 2 aromatic rings. The molecule has 2 rings (SSSR count). The Balaban J connectivity index is 2.36. The molecule has 0 amide bonds. The molecule has 3 nitrogen and oxygen atoms in total. The largest absolute Gasteiger partial charge is 0.306 e. The quantitative estimate of drug-likeness (QED) is 0.862. The van der Waals surface area contributed by atoms with Crippen molar-refractivity contribution in [1.29, 1.82) is 0 Å². The monoisotopic (exact) mass is 335 g/mol. The number of hydrogen-bond donors (Lipinski definition) is 1. The van der Waals surface area contributed by atoms with E-state index in [2.05, 4.69) is 71.5 Å². The lowest BCUT2D eigenvalue weighted by Gasteiger charge is -2.19. The Morgan fingerprint density at radius 2 is 2.15 bits per heavy atom. The van der Waals surface area contributed by atoms with Crippen LogP contribution >= 0.6 is 15.9 Å². The number of hydrogen-bond acceptors (Lipinski definition) is 2. The molecule has 1 aromatic heterocycles. The van der Waals surface area contributed by atoms with Gasteiger partial charge >= 0.3 is 0 Å². The number of nitrogens with one attached hydrogen (secondary N) is 1. The number of aryl methyl sites for hydroxylation is 2. The third-order valence-corrected chi connectivity index (χ3v) is 3.89. The lowest BCUT2D eigenvalue weighted by atomic mass is 9.97. The van der Waals surface area contributed by atoms with E-state index in [1.54, 1.807) is 0 Å². The molecule has 20 heavy (non-hydrogen) atoms. The molecule has 0 spiro atoms. The summed E-state index contributed by atoms with van der Waals surface area (Å²) in [6, 6.07) is 6.63. The molecule has 0 saturated carbocycles. The van der Waals surface area contributed by atoms with E-state index in [0.29, 0.717) is 0 Å². The highest BCUT2D eigenvalue weighted by Crippen LogP contribution is 2.27. The maximum absolute atomic E-state index is 4.45. The van der Waals surface area contributed by atoms with Gasteiger partial charge in [0.2, 0.25) is 0 Å². The van der Waals surface area contributed by atoms with Crippen LogP contribution in [0.1, 0.15) is 43.0 Å². The van der Waals surface area contributed by atoms with Crippen molar-refractivity contribution in [3.05, 3.63) is 51.8 Å². The van der Waals surface area contributed by atoms with Crippen molar-refractivity contribution in [2.75, 3.05) is 6.54 Å². The van der Waals surface area contributed by atoms with E-state index in [1.807, 2.05) is 10.9 Å². The Morgan fingerprint density at radius 3 is 2.85 bits per heavy atom. The molecule has 0 aliphatic rings. The van der Waals surface area contributed by atoms with Crippen molar-refractivity contribution in [2.24, 2.45) is 0 Å². The van der Waals surface area contributed by atoms with E-state index in [1.165, 1.54) is 16.7 Å². The second-order valence-corrected chi connectivity index (χ2v) is 5.94. The second-order valence-electron chi connectivity index (χ2n) is 5.03. The number of aromatic nitrogens is 2. The Bertz CT molecular complexity index is 563. The van der Waals surface area contributed by atoms with E-state index < -0.39 is 0 Å². The minimum Gasteiger partial charge on any atom is -0.306 e. The van der Waals surface area contributed by atoms with Gasteiger partial charge in [-0.25, -0.2) is 0 Å². The number of rotatable bonds is 6. The summed E-state index contributed by atoms with van der Waals surface area (Å²) in [7, 11) is 0. The second kappa shape index (κ2) is 7.04. The Morgan fingerprint density at radius 1 is 1.35 bits per heavy atom. The molecule has 0 aliphatic carbocycles. The first-order valence-corrected chi connectivity index (χ1v) is 7.96. The fourth-order valence-electron chi connectivity index (χ4n) is 2.41. The first kappa shape index (κ1) is 15.3. The average molecular weight is 336 g/mol. The topological polar surface area (TPSA) is 29.9 Å². The van der Waals surface area contributed by atoms with Crippen LogP contribution in [0.5, 0.6) is 0 Å². The molecule has 1 heterocycles. The number of halogens is 1. The minimum atomic E-state index is 0.197. The highest BCUT2D eigenvalue weighted by Gasteiger charge is 2.17. The van der Waals surface area contributed by atoms with E-state index in [4.69, 9.17) is 0 Å². The van der Waals surface area contributed by atoms with Gasteiger partial charge in [0.15, 0.2) is 0 Å². The minimum absolute atomic E-state index is 0.197. The van der Waals surface area contributed by atoms with Gasteiger partial charge < -0.3 is 5.32 Å². The van der Waals surface area contributed by atoms with Crippen LogP contribution < -0.4 is 5.32 Å². The van der Waals surface area contributed by atoms with Gasteiger partial charge in [0, 0.05) is 22.8 Å². The van der Waals surface area contributed by atoms with Crippen molar-refractivity contribution in [1.82, 2.24) is 15.1 Å². The van der Waals surface area contributed by atoms with Crippen LogP contribution in [0, 0.1) is 6.92 Å². The normalized spacial score (nSPS) is 12.6. The molecular weight excluding hydrogens is 314 g/mol. The summed E-state index contributed by atoms with van der Waals surface area (Å²) in [6.45, 7) is 8.35. The third-order valence-electron chi connectivity index (χ3n) is 3.40. The van der Waals surface area contributed by atoms with Crippen molar-refractivity contribution in [3.63, 3.8) is 0 Å². The standard InChI is InChI=1S/C16H22BrN3/c1-4-8-20-11-13(10-19-20)16(18-5-2)15-9-14(17)7-6-12(15)3/h6-7,9-11,16,18H,4-5,8H2,1-3H3. The molecule has 1 atom stereocenters. The maximum atomic E-state index is 4.45. The molecule has 0 bridgehead atoms. The van der Waals surface area contributed by atoms with Gasteiger partial charge in [0.25, 0.3) is 0 Å². The molecule has 0 radical (unpaired) electrons. The predicted octanol–water partition coefficient (Wildman–Crippen LogP) is 4.06. The molecule has 4 heteroatoms. The highest BCUT2D eigenvalue weighted by molar-refractivity contribution is 9.10. The van der Waals surface area contributed by atoms with Gasteiger partial charge in [0.1, 0.15) is 0 Å². The van der Waals surface area contributed by atoms with Crippen LogP contribution in [0.3, 0.4) is 0 Å². The van der Waals surface area contributed by atoms with Crippen molar-refractivity contribution >= 4 is 15.9 Å². The zero-order valence-electron chi connectivity index (χ0n) is 12.4. The summed E-state index contributed by atoms with van der Waals surface area (Å²) in [6.07, 6.45) is 5.23. The van der Waals surface area contributed by atoms with Crippen LogP contribution in [-0.4, -0.2) is 16.3 Å². The zero-order valence-corrected chi connectivity index (χ0v) is 13.9. The molecular formula is C16H22BrN3. The Labute approximate surface area is 129 Å². The van der Waals surface area contributed by atoms with Crippen LogP contribution in [0.4, 0.5) is 0 Å². The average Bonchev–Trinajstić information content (AvgIpc) is 2.88. The predicted molar refractivity (Wildman–Crippen MR) is 86.9 cm³/mol. The first-order chi connectivity index (χ1) is 9.65. The van der Waals surface area contributed by atoms with Crippen molar-refractivity contribution < 1.29 is 0 Å². The van der Waals surface area contributed by atoms with Crippen LogP contribution in [-0.2, 0) is 6.54 Å². The summed E-state index contributed by atoms with van der Waals surface area (Å²) < 4.78 is 3.13. The lowest BCUT2D eigenvalue weighted by molar-refractivity contribution is 0.597. The fraction of sp³-hybridized carbons (Fsp3) is 0.438. The van der Waals surface area contributed by atoms with E-state index in [9.17, 15) is 0 Å².